The Kier molecular flexibility index (Phi) is 9.14. The third kappa shape index (κ3) is 8.06. The minimum atomic E-state index is -5.07. The van der Waals surface area contributed by atoms with Crippen molar-refractivity contribution in [1.29, 1.82) is 0 Å². The summed E-state index contributed by atoms with van der Waals surface area (Å²) >= 11 is 0. The molecule has 210 valence electrons. The van der Waals surface area contributed by atoms with Crippen LogP contribution >= 0.6 is 0 Å². The Morgan fingerprint density at radius 1 is 1.22 bits per heavy atom. The normalized spacial score (nSPS) is 24.5. The van der Waals surface area contributed by atoms with E-state index in [1.807, 2.05) is 0 Å². The fourth-order valence-electron chi connectivity index (χ4n) is 4.96. The van der Waals surface area contributed by atoms with Crippen LogP contribution in [0.25, 0.3) is 0 Å². The molecule has 2 heterocycles. The summed E-state index contributed by atoms with van der Waals surface area (Å²) in [6, 6.07) is -2.60. The van der Waals surface area contributed by atoms with Crippen molar-refractivity contribution >= 4 is 23.5 Å². The number of likely N-dealkylation sites (tertiary alicyclic amines) is 1. The average molecular weight is 542 g/mol. The van der Waals surface area contributed by atoms with Crippen LogP contribution in [-0.4, -0.2) is 79.3 Å². The van der Waals surface area contributed by atoms with Crippen LogP contribution in [0, 0.1) is 17.3 Å². The van der Waals surface area contributed by atoms with E-state index in [-0.39, 0.29) is 43.0 Å². The highest BCUT2D eigenvalue weighted by atomic mass is 19.4. The van der Waals surface area contributed by atoms with E-state index in [0.29, 0.717) is 13.0 Å². The highest BCUT2D eigenvalue weighted by Gasteiger charge is 2.56. The van der Waals surface area contributed by atoms with Crippen molar-refractivity contribution < 1.29 is 50.6 Å². The van der Waals surface area contributed by atoms with Gasteiger partial charge in [0.15, 0.2) is 5.78 Å². The number of rotatable bonds is 12. The Labute approximate surface area is 210 Å². The van der Waals surface area contributed by atoms with Crippen molar-refractivity contribution in [2.75, 3.05) is 19.7 Å². The highest BCUT2D eigenvalue weighted by Crippen LogP contribution is 2.55. The number of amides is 3. The van der Waals surface area contributed by atoms with Crippen molar-refractivity contribution in [2.24, 2.45) is 17.3 Å². The number of ether oxygens (including phenoxy) is 2. The van der Waals surface area contributed by atoms with Crippen LogP contribution in [0.2, 0.25) is 0 Å². The molecule has 14 heteroatoms. The highest BCUT2D eigenvalue weighted by molar-refractivity contribution is 5.95. The third-order valence-corrected chi connectivity index (χ3v) is 7.05. The molecule has 0 bridgehead atoms. The molecule has 1 saturated carbocycles. The molecule has 0 radical (unpaired) electrons. The van der Waals surface area contributed by atoms with Gasteiger partial charge in [0.05, 0.1) is 6.04 Å². The zero-order valence-electron chi connectivity index (χ0n) is 20.6. The van der Waals surface area contributed by atoms with Gasteiger partial charge in [-0.25, -0.2) is 0 Å². The molecule has 3 rings (SSSR count). The van der Waals surface area contributed by atoms with Crippen LogP contribution in [0.5, 0.6) is 0 Å². The molecule has 3 aliphatic rings. The molecular weight excluding hydrogens is 509 g/mol. The van der Waals surface area contributed by atoms with Gasteiger partial charge in [-0.15, -0.1) is 13.2 Å². The molecule has 0 aromatic rings. The van der Waals surface area contributed by atoms with Crippen LogP contribution < -0.4 is 10.6 Å². The van der Waals surface area contributed by atoms with Gasteiger partial charge in [0.2, 0.25) is 11.8 Å². The summed E-state index contributed by atoms with van der Waals surface area (Å²) in [5.74, 6) is -3.92. The van der Waals surface area contributed by atoms with Crippen LogP contribution in [0.3, 0.4) is 0 Å². The van der Waals surface area contributed by atoms with Crippen molar-refractivity contribution in [2.45, 2.75) is 83.5 Å². The van der Waals surface area contributed by atoms with Gasteiger partial charge in [-0.05, 0) is 49.9 Å². The van der Waals surface area contributed by atoms with Gasteiger partial charge in [0.1, 0.15) is 18.8 Å². The van der Waals surface area contributed by atoms with E-state index in [9.17, 15) is 41.1 Å². The molecule has 1 aliphatic carbocycles. The predicted octanol–water partition coefficient (Wildman–Crippen LogP) is 2.14. The second-order valence-electron chi connectivity index (χ2n) is 10.5. The lowest BCUT2D eigenvalue weighted by Gasteiger charge is -2.30. The molecule has 9 nitrogen and oxygen atoms in total. The quantitative estimate of drug-likeness (QED) is 0.366. The van der Waals surface area contributed by atoms with Gasteiger partial charge >= 0.3 is 13.0 Å². The maximum atomic E-state index is 13.3. The number of nitrogens with zero attached hydrogens (tertiary/aromatic N) is 1. The average Bonchev–Trinajstić information content (AvgIpc) is 3.24. The number of hydrogen-bond donors (Lipinski definition) is 2. The summed E-state index contributed by atoms with van der Waals surface area (Å²) in [7, 11) is 0. The summed E-state index contributed by atoms with van der Waals surface area (Å²) in [4.78, 5) is 52.3. The molecule has 0 unspecified atom stereocenters. The zero-order chi connectivity index (χ0) is 27.5. The first-order valence-electron chi connectivity index (χ1n) is 12.3. The van der Waals surface area contributed by atoms with Gasteiger partial charge in [-0.1, -0.05) is 13.8 Å². The van der Waals surface area contributed by atoms with Crippen LogP contribution in [0.4, 0.5) is 22.0 Å². The first-order valence-corrected chi connectivity index (χ1v) is 12.3. The lowest BCUT2D eigenvalue weighted by atomic mass is 9.95. The number of carbonyl (C=O) groups excluding carboxylic acids is 4. The molecule has 0 aromatic heterocycles. The first-order chi connectivity index (χ1) is 17.2. The fraction of sp³-hybridized carbons (Fsp3) is 0.826. The van der Waals surface area contributed by atoms with Gasteiger partial charge < -0.3 is 20.3 Å². The van der Waals surface area contributed by atoms with Crippen molar-refractivity contribution in [1.82, 2.24) is 15.5 Å². The minimum Gasteiger partial charge on any atom is -0.356 e. The molecule has 1 spiro atoms. The van der Waals surface area contributed by atoms with E-state index >= 15 is 0 Å². The number of ketones is 1. The van der Waals surface area contributed by atoms with E-state index in [1.165, 1.54) is 4.90 Å². The van der Waals surface area contributed by atoms with Crippen molar-refractivity contribution in [3.8, 4) is 0 Å². The molecule has 2 N–H and O–H groups in total. The van der Waals surface area contributed by atoms with Gasteiger partial charge in [0, 0.05) is 19.0 Å². The Bertz CT molecular complexity index is 869. The standard InChI is InChI=1S/C23H32F5N3O6/c1-12(2)7-17(37-21(24)25)20(35)31-11-22(4-5-22)9-15(31)19(34)30-14(8-13-3-6-29-18(13)33)16(32)10-36-23(26,27)28/h12-15,17,21H,3-11H2,1-2H3,(H,29,33)(H,30,34)/t13-,14-,15-,17+/m0/s1. The molecule has 37 heavy (non-hydrogen) atoms. The molecule has 3 fully saturated rings. The lowest BCUT2D eigenvalue weighted by Crippen LogP contribution is -2.54. The number of nitrogens with one attached hydrogen (secondary N) is 2. The van der Waals surface area contributed by atoms with Crippen LogP contribution in [0.1, 0.15) is 52.4 Å². The molecule has 2 saturated heterocycles. The SMILES string of the molecule is CC(C)C[C@@H](OC(F)F)C(=O)N1CC2(CC2)C[C@H]1C(=O)N[C@@H](C[C@@H]1CCNC1=O)C(=O)COC(F)(F)F. The number of hydrogen-bond acceptors (Lipinski definition) is 6. The Morgan fingerprint density at radius 3 is 2.41 bits per heavy atom. The van der Waals surface area contributed by atoms with Crippen molar-refractivity contribution in [3.05, 3.63) is 0 Å². The Hall–Kier alpha value is -2.35. The molecule has 2 aliphatic heterocycles. The summed E-state index contributed by atoms with van der Waals surface area (Å²) in [6.45, 7) is -0.643. The summed E-state index contributed by atoms with van der Waals surface area (Å²) in [5, 5.41) is 4.98. The third-order valence-electron chi connectivity index (χ3n) is 7.05. The predicted molar refractivity (Wildman–Crippen MR) is 117 cm³/mol. The van der Waals surface area contributed by atoms with Gasteiger partial charge in [-0.3, -0.25) is 23.9 Å². The second kappa shape index (κ2) is 11.6. The minimum absolute atomic E-state index is 0.00625. The smallest absolute Gasteiger partial charge is 0.356 e. The number of carbonyl (C=O) groups is 4. The van der Waals surface area contributed by atoms with E-state index in [0.717, 1.165) is 12.8 Å². The second-order valence-corrected chi connectivity index (χ2v) is 10.5. The molecule has 0 aromatic carbocycles. The van der Waals surface area contributed by atoms with Crippen LogP contribution in [0.15, 0.2) is 0 Å². The zero-order valence-corrected chi connectivity index (χ0v) is 20.6. The lowest BCUT2D eigenvalue weighted by molar-refractivity contribution is -0.321. The first kappa shape index (κ1) is 29.2. The van der Waals surface area contributed by atoms with E-state index in [2.05, 4.69) is 20.1 Å². The molecule has 4 atom stereocenters. The van der Waals surface area contributed by atoms with Gasteiger partial charge in [0.25, 0.3) is 5.91 Å². The molecular formula is C23H32F5N3O6. The fourth-order valence-corrected chi connectivity index (χ4v) is 4.96. The number of alkyl halides is 5. The van der Waals surface area contributed by atoms with E-state index in [1.54, 1.807) is 13.8 Å². The number of Topliss-reactive ketones (excluding diaryl/α,β-unsaturated/α-hetero) is 1. The topological polar surface area (TPSA) is 114 Å². The number of halogens is 5. The largest absolute Gasteiger partial charge is 0.522 e. The monoisotopic (exact) mass is 541 g/mol. The van der Waals surface area contributed by atoms with Gasteiger partial charge in [-0.2, -0.15) is 8.78 Å². The molecule has 3 amide bonds. The summed E-state index contributed by atoms with van der Waals surface area (Å²) < 4.78 is 71.7. The maximum absolute atomic E-state index is 13.3. The Morgan fingerprint density at radius 2 is 1.89 bits per heavy atom. The van der Waals surface area contributed by atoms with E-state index in [4.69, 9.17) is 0 Å². The summed E-state index contributed by atoms with van der Waals surface area (Å²) in [5.41, 5.74) is -0.352. The maximum Gasteiger partial charge on any atom is 0.522 e. The van der Waals surface area contributed by atoms with Crippen molar-refractivity contribution in [3.63, 3.8) is 0 Å². The van der Waals surface area contributed by atoms with E-state index < -0.39 is 61.3 Å². The summed E-state index contributed by atoms with van der Waals surface area (Å²) in [6.07, 6.45) is -4.82. The van der Waals surface area contributed by atoms with Crippen LogP contribution in [-0.2, 0) is 28.7 Å². The Balaban J connectivity index is 1.77.